The molecule has 4 rings (SSSR count). The van der Waals surface area contributed by atoms with Gasteiger partial charge in [0.25, 0.3) is 0 Å². The van der Waals surface area contributed by atoms with Crippen LogP contribution in [0.3, 0.4) is 0 Å². The van der Waals surface area contributed by atoms with E-state index >= 15 is 0 Å². The van der Waals surface area contributed by atoms with Crippen molar-refractivity contribution in [2.24, 2.45) is 0 Å². The van der Waals surface area contributed by atoms with Crippen LogP contribution >= 0.6 is 0 Å². The van der Waals surface area contributed by atoms with Gasteiger partial charge in [-0.15, -0.1) is 0 Å². The maximum atomic E-state index is 11.9. The minimum absolute atomic E-state index is 0.139. The molecule has 154 valence electrons. The second-order valence-electron chi connectivity index (χ2n) is 6.97. The second kappa shape index (κ2) is 8.48. The number of carbonyl (C=O) groups excluding carboxylic acids is 1. The summed E-state index contributed by atoms with van der Waals surface area (Å²) in [6, 6.07) is 15.1. The van der Waals surface area contributed by atoms with E-state index in [1.807, 2.05) is 36.4 Å². The molecule has 4 aromatic rings. The highest BCUT2D eigenvalue weighted by molar-refractivity contribution is 6.12. The number of hydrogen-bond acceptors (Lipinski definition) is 7. The van der Waals surface area contributed by atoms with E-state index in [0.29, 0.717) is 29.3 Å². The van der Waals surface area contributed by atoms with Crippen LogP contribution in [-0.4, -0.2) is 57.5 Å². The van der Waals surface area contributed by atoms with Crippen LogP contribution < -0.4 is 5.32 Å². The molecular formula is C22H22N4O4. The van der Waals surface area contributed by atoms with Gasteiger partial charge >= 0.3 is 5.97 Å². The van der Waals surface area contributed by atoms with Gasteiger partial charge in [0.15, 0.2) is 0 Å². The number of fused-ring (bicyclic) bond motifs is 3. The fourth-order valence-electron chi connectivity index (χ4n) is 3.36. The summed E-state index contributed by atoms with van der Waals surface area (Å²) >= 11 is 0. The SMILES string of the molecule is COC(=O)c1ccc2c(c1)[nH]c1nc(Cc3ccccc3)nc(NCC(O)CO)c12. The van der Waals surface area contributed by atoms with Crippen molar-refractivity contribution in [3.05, 3.63) is 65.5 Å². The molecule has 0 saturated carbocycles. The van der Waals surface area contributed by atoms with E-state index in [1.165, 1.54) is 7.11 Å². The zero-order valence-electron chi connectivity index (χ0n) is 16.4. The first kappa shape index (κ1) is 19.8. The summed E-state index contributed by atoms with van der Waals surface area (Å²) < 4.78 is 4.80. The highest BCUT2D eigenvalue weighted by Gasteiger charge is 2.17. The third-order valence-electron chi connectivity index (χ3n) is 4.84. The molecule has 0 aliphatic heterocycles. The largest absolute Gasteiger partial charge is 0.465 e. The van der Waals surface area contributed by atoms with Gasteiger partial charge in [-0.1, -0.05) is 36.4 Å². The van der Waals surface area contributed by atoms with E-state index in [9.17, 15) is 9.90 Å². The number of benzene rings is 2. The van der Waals surface area contributed by atoms with Gasteiger partial charge in [0.05, 0.1) is 30.8 Å². The number of aliphatic hydroxyl groups excluding tert-OH is 2. The molecule has 0 spiro atoms. The van der Waals surface area contributed by atoms with Gasteiger partial charge in [-0.2, -0.15) is 0 Å². The predicted molar refractivity (Wildman–Crippen MR) is 114 cm³/mol. The summed E-state index contributed by atoms with van der Waals surface area (Å²) in [5.74, 6) is 0.737. The van der Waals surface area contributed by atoms with Crippen molar-refractivity contribution in [1.29, 1.82) is 0 Å². The number of esters is 1. The van der Waals surface area contributed by atoms with Crippen molar-refractivity contribution in [2.75, 3.05) is 25.6 Å². The van der Waals surface area contributed by atoms with Crippen molar-refractivity contribution < 1.29 is 19.7 Å². The molecule has 2 aromatic heterocycles. The van der Waals surface area contributed by atoms with Crippen molar-refractivity contribution in [1.82, 2.24) is 15.0 Å². The predicted octanol–water partition coefficient (Wildman–Crippen LogP) is 2.25. The van der Waals surface area contributed by atoms with E-state index in [2.05, 4.69) is 20.3 Å². The number of hydrogen-bond donors (Lipinski definition) is 4. The Bertz CT molecular complexity index is 1190. The first-order valence-electron chi connectivity index (χ1n) is 9.56. The van der Waals surface area contributed by atoms with Gasteiger partial charge in [0.1, 0.15) is 17.3 Å². The number of methoxy groups -OCH3 is 1. The maximum absolute atomic E-state index is 11.9. The van der Waals surface area contributed by atoms with E-state index in [4.69, 9.17) is 9.84 Å². The number of rotatable bonds is 7. The van der Waals surface area contributed by atoms with Crippen LogP contribution in [0.1, 0.15) is 21.7 Å². The molecule has 0 saturated heterocycles. The Morgan fingerprint density at radius 3 is 2.73 bits per heavy atom. The fourth-order valence-corrected chi connectivity index (χ4v) is 3.36. The molecule has 8 heteroatoms. The molecule has 4 N–H and O–H groups in total. The number of nitrogens with zero attached hydrogens (tertiary/aromatic N) is 2. The first-order chi connectivity index (χ1) is 14.6. The van der Waals surface area contributed by atoms with Crippen LogP contribution in [0.5, 0.6) is 0 Å². The third-order valence-corrected chi connectivity index (χ3v) is 4.84. The monoisotopic (exact) mass is 406 g/mol. The number of nitrogens with one attached hydrogen (secondary N) is 2. The molecule has 0 aliphatic rings. The Hall–Kier alpha value is -3.49. The third kappa shape index (κ3) is 3.96. The topological polar surface area (TPSA) is 120 Å². The molecule has 2 aromatic carbocycles. The van der Waals surface area contributed by atoms with Crippen LogP contribution in [0.25, 0.3) is 21.9 Å². The lowest BCUT2D eigenvalue weighted by Crippen LogP contribution is -2.23. The molecule has 30 heavy (non-hydrogen) atoms. The van der Waals surface area contributed by atoms with Gasteiger partial charge in [-0.3, -0.25) is 0 Å². The van der Waals surface area contributed by atoms with Gasteiger partial charge in [0, 0.05) is 23.9 Å². The Balaban J connectivity index is 1.82. The molecule has 0 radical (unpaired) electrons. The van der Waals surface area contributed by atoms with Crippen molar-refractivity contribution >= 4 is 33.7 Å². The highest BCUT2D eigenvalue weighted by Crippen LogP contribution is 2.30. The number of aromatic nitrogens is 3. The lowest BCUT2D eigenvalue weighted by atomic mass is 10.1. The minimum atomic E-state index is -0.913. The van der Waals surface area contributed by atoms with Gasteiger partial charge < -0.3 is 25.3 Å². The van der Waals surface area contributed by atoms with E-state index in [-0.39, 0.29) is 13.2 Å². The molecule has 0 fully saturated rings. The minimum Gasteiger partial charge on any atom is -0.465 e. The molecule has 1 unspecified atom stereocenters. The lowest BCUT2D eigenvalue weighted by molar-refractivity contribution is 0.0601. The van der Waals surface area contributed by atoms with Crippen LogP contribution in [0.4, 0.5) is 5.82 Å². The summed E-state index contributed by atoms with van der Waals surface area (Å²) in [6.07, 6.45) is -0.375. The number of carbonyl (C=O) groups is 1. The maximum Gasteiger partial charge on any atom is 0.337 e. The normalized spacial score (nSPS) is 12.2. The van der Waals surface area contributed by atoms with Gasteiger partial charge in [0.2, 0.25) is 0 Å². The number of aliphatic hydroxyl groups is 2. The highest BCUT2D eigenvalue weighted by atomic mass is 16.5. The Labute approximate surface area is 172 Å². The average Bonchev–Trinajstić information content (AvgIpc) is 3.14. The summed E-state index contributed by atoms with van der Waals surface area (Å²) in [7, 11) is 1.34. The smallest absolute Gasteiger partial charge is 0.337 e. The van der Waals surface area contributed by atoms with Crippen molar-refractivity contribution in [2.45, 2.75) is 12.5 Å². The standard InChI is InChI=1S/C22H22N4O4/c1-30-22(29)14-7-8-16-17(10-14)24-21-19(16)20(23-11-15(28)12-27)25-18(26-21)9-13-5-3-2-4-6-13/h2-8,10,15,27-28H,9,11-12H2,1H3,(H2,23,24,25,26). The number of ether oxygens (including phenoxy) is 1. The van der Waals surface area contributed by atoms with Crippen molar-refractivity contribution in [3.63, 3.8) is 0 Å². The van der Waals surface area contributed by atoms with Crippen LogP contribution in [0, 0.1) is 0 Å². The quantitative estimate of drug-likeness (QED) is 0.347. The van der Waals surface area contributed by atoms with Gasteiger partial charge in [-0.05, 0) is 17.7 Å². The van der Waals surface area contributed by atoms with E-state index < -0.39 is 12.1 Å². The number of aromatic amines is 1. The summed E-state index contributed by atoms with van der Waals surface area (Å²) in [5.41, 5.74) is 2.85. The van der Waals surface area contributed by atoms with Crippen molar-refractivity contribution in [3.8, 4) is 0 Å². The summed E-state index contributed by atoms with van der Waals surface area (Å²) in [6.45, 7) is -0.214. The molecule has 0 amide bonds. The number of H-pyrrole nitrogens is 1. The first-order valence-corrected chi connectivity index (χ1v) is 9.56. The fraction of sp³-hybridized carbons (Fsp3) is 0.227. The molecule has 8 nitrogen and oxygen atoms in total. The lowest BCUT2D eigenvalue weighted by Gasteiger charge is -2.12. The zero-order valence-corrected chi connectivity index (χ0v) is 16.4. The molecular weight excluding hydrogens is 384 g/mol. The second-order valence-corrected chi connectivity index (χ2v) is 6.97. The van der Waals surface area contributed by atoms with E-state index in [1.54, 1.807) is 12.1 Å². The van der Waals surface area contributed by atoms with Crippen LogP contribution in [-0.2, 0) is 11.2 Å². The van der Waals surface area contributed by atoms with E-state index in [0.717, 1.165) is 21.9 Å². The zero-order chi connectivity index (χ0) is 21.1. The summed E-state index contributed by atoms with van der Waals surface area (Å²) in [4.78, 5) is 24.5. The van der Waals surface area contributed by atoms with Gasteiger partial charge in [-0.25, -0.2) is 14.8 Å². The average molecular weight is 406 g/mol. The Kier molecular flexibility index (Phi) is 5.60. The Morgan fingerprint density at radius 1 is 1.20 bits per heavy atom. The van der Waals surface area contributed by atoms with Crippen LogP contribution in [0.15, 0.2) is 48.5 Å². The number of anilines is 1. The Morgan fingerprint density at radius 2 is 2.00 bits per heavy atom. The molecule has 2 heterocycles. The molecule has 0 bridgehead atoms. The summed E-state index contributed by atoms with van der Waals surface area (Å²) in [5, 5.41) is 23.6. The molecule has 1 atom stereocenters. The molecule has 0 aliphatic carbocycles. The van der Waals surface area contributed by atoms with Crippen LogP contribution in [0.2, 0.25) is 0 Å².